The van der Waals surface area contributed by atoms with Crippen molar-refractivity contribution in [1.82, 2.24) is 10.6 Å². The van der Waals surface area contributed by atoms with Crippen LogP contribution in [-0.2, 0) is 30.3 Å². The van der Waals surface area contributed by atoms with Gasteiger partial charge in [0, 0.05) is 92.5 Å². The molecule has 0 bridgehead atoms. The van der Waals surface area contributed by atoms with Gasteiger partial charge in [-0.1, -0.05) is 5.92 Å². The molecule has 0 radical (unpaired) electrons. The molecule has 0 saturated heterocycles. The van der Waals surface area contributed by atoms with E-state index in [0.29, 0.717) is 13.0 Å². The van der Waals surface area contributed by atoms with Crippen molar-refractivity contribution in [1.29, 1.82) is 0 Å². The summed E-state index contributed by atoms with van der Waals surface area (Å²) >= 11 is 10.3. The number of rotatable bonds is 7. The van der Waals surface area contributed by atoms with Crippen molar-refractivity contribution in [3.05, 3.63) is 0 Å². The fourth-order valence-corrected chi connectivity index (χ4v) is 4.32. The summed E-state index contributed by atoms with van der Waals surface area (Å²) < 4.78 is 21.5. The molecule has 1 rings (SSSR count). The number of thiocarbonyl (C=S) groups is 1. The zero-order chi connectivity index (χ0) is 30.2. The molecule has 1 aliphatic carbocycles. The highest BCUT2D eigenvalue weighted by Crippen LogP contribution is 2.48. The van der Waals surface area contributed by atoms with Crippen LogP contribution in [0.1, 0.15) is 13.3 Å². The first-order chi connectivity index (χ1) is 19.9. The Labute approximate surface area is 253 Å². The molecule has 0 aromatic carbocycles. The SMILES string of the molecule is CC#CC#CC#CC#CC#CC#CC#CC#CC#CC#CNC(=S)N[C@@H]1C[C@H](COC)[C@H](OP(O)(=S)OC)C1OC. The van der Waals surface area contributed by atoms with Gasteiger partial charge in [-0.2, -0.15) is 0 Å². The lowest BCUT2D eigenvalue weighted by Crippen LogP contribution is -2.47. The molecule has 3 N–H and O–H groups in total. The Hall–Kier alpha value is -4.26. The van der Waals surface area contributed by atoms with E-state index in [1.807, 2.05) is 0 Å². The Morgan fingerprint density at radius 1 is 0.780 bits per heavy atom. The normalized spacial score (nSPS) is 18.2. The number of hydrogen-bond donors (Lipinski definition) is 3. The van der Waals surface area contributed by atoms with Crippen LogP contribution in [0.3, 0.4) is 0 Å². The van der Waals surface area contributed by atoms with Crippen LogP contribution >= 0.6 is 18.9 Å². The summed E-state index contributed by atoms with van der Waals surface area (Å²) in [4.78, 5) is 10.1. The van der Waals surface area contributed by atoms with Crippen molar-refractivity contribution >= 4 is 35.9 Å². The first-order valence-electron chi connectivity index (χ1n) is 11.5. The summed E-state index contributed by atoms with van der Waals surface area (Å²) in [6, 6.07) is 2.38. The molecule has 0 aliphatic heterocycles. The van der Waals surface area contributed by atoms with Crippen LogP contribution in [0.25, 0.3) is 0 Å². The third kappa shape index (κ3) is 15.8. The lowest BCUT2D eigenvalue weighted by Gasteiger charge is -2.28. The largest absolute Gasteiger partial charge is 0.384 e. The highest BCUT2D eigenvalue weighted by molar-refractivity contribution is 8.07. The Morgan fingerprint density at radius 3 is 1.66 bits per heavy atom. The van der Waals surface area contributed by atoms with Gasteiger partial charge in [0.2, 0.25) is 0 Å². The van der Waals surface area contributed by atoms with Gasteiger partial charge in [0.25, 0.3) is 0 Å². The Balaban J connectivity index is 2.57. The predicted molar refractivity (Wildman–Crippen MR) is 165 cm³/mol. The average molecular weight is 599 g/mol. The summed E-state index contributed by atoms with van der Waals surface area (Å²) in [7, 11) is 4.41. The Bertz CT molecular complexity index is 1660. The van der Waals surface area contributed by atoms with E-state index in [1.165, 1.54) is 14.2 Å². The van der Waals surface area contributed by atoms with Gasteiger partial charge in [0.15, 0.2) is 5.11 Å². The summed E-state index contributed by atoms with van der Waals surface area (Å²) in [5.74, 6) is 48.0. The molecule has 0 amide bonds. The fraction of sp³-hybridized carbons (Fsp3) is 0.323. The van der Waals surface area contributed by atoms with Gasteiger partial charge in [-0.15, -0.1) is 0 Å². The molecular formula is C31H23N2O5PS2. The summed E-state index contributed by atoms with van der Waals surface area (Å²) in [6.45, 7) is -1.34. The van der Waals surface area contributed by atoms with Crippen molar-refractivity contribution in [2.75, 3.05) is 27.9 Å². The van der Waals surface area contributed by atoms with E-state index in [1.54, 1.807) is 14.0 Å². The average Bonchev–Trinajstić information content (AvgIpc) is 3.26. The van der Waals surface area contributed by atoms with Crippen LogP contribution in [-0.4, -0.2) is 56.2 Å². The molecule has 1 fully saturated rings. The topological polar surface area (TPSA) is 81.2 Å². The Kier molecular flexibility index (Phi) is 18.3. The van der Waals surface area contributed by atoms with Gasteiger partial charge in [-0.3, -0.25) is 5.32 Å². The second-order valence-corrected chi connectivity index (χ2v) is 10.5. The van der Waals surface area contributed by atoms with E-state index in [0.717, 1.165) is 0 Å². The second kappa shape index (κ2) is 21.5. The minimum atomic E-state index is -3.41. The zero-order valence-corrected chi connectivity index (χ0v) is 25.1. The minimum absolute atomic E-state index is 0.107. The number of ether oxygens (including phenoxy) is 2. The first kappa shape index (κ1) is 34.8. The van der Waals surface area contributed by atoms with E-state index in [-0.39, 0.29) is 17.1 Å². The van der Waals surface area contributed by atoms with E-state index >= 15 is 0 Å². The molecule has 10 heteroatoms. The van der Waals surface area contributed by atoms with Gasteiger partial charge in [-0.05, 0) is 84.7 Å². The van der Waals surface area contributed by atoms with Crippen molar-refractivity contribution in [2.24, 2.45) is 5.92 Å². The summed E-state index contributed by atoms with van der Waals surface area (Å²) in [6.07, 6.45) is -0.426. The molecule has 0 heterocycles. The number of nitrogens with one attached hydrogen (secondary N) is 2. The van der Waals surface area contributed by atoms with Crippen LogP contribution in [0.4, 0.5) is 0 Å². The van der Waals surface area contributed by atoms with E-state index in [2.05, 4.69) is 129 Å². The van der Waals surface area contributed by atoms with Crippen LogP contribution in [0.15, 0.2) is 0 Å². The third-order valence-corrected chi connectivity index (χ3v) is 6.52. The third-order valence-electron chi connectivity index (χ3n) is 4.62. The summed E-state index contributed by atoms with van der Waals surface area (Å²) in [5.41, 5.74) is 0. The van der Waals surface area contributed by atoms with Crippen molar-refractivity contribution in [2.45, 2.75) is 31.6 Å². The highest BCUT2D eigenvalue weighted by atomic mass is 32.5. The quantitative estimate of drug-likeness (QED) is 0.170. The van der Waals surface area contributed by atoms with E-state index in [9.17, 15) is 4.89 Å². The number of hydrogen-bond acceptors (Lipinski definition) is 6. The van der Waals surface area contributed by atoms with Gasteiger partial charge >= 0.3 is 6.72 Å². The molecule has 0 aromatic heterocycles. The van der Waals surface area contributed by atoms with Crippen molar-refractivity contribution < 1.29 is 23.4 Å². The molecule has 2 unspecified atom stereocenters. The maximum atomic E-state index is 10.1. The Morgan fingerprint density at radius 2 is 1.24 bits per heavy atom. The standard InChI is InChI=1S/C31H23N2O5PS2/c1-5-6-7-8-9-10-11-12-13-14-15-16-17-18-19-20-21-22-23-24-32-31(40)33-28-25-27(26-35-2)29(30(28)36-3)38-39(34,41)37-4/h27-30H,25-26H2,1-4H3,(H,34,41)(H2,32,33,40)/t27-,28-,29+,30?,39?/m1/s1. The molecule has 0 spiro atoms. The van der Waals surface area contributed by atoms with Crippen LogP contribution in [0.2, 0.25) is 0 Å². The van der Waals surface area contributed by atoms with E-state index < -0.39 is 18.9 Å². The van der Waals surface area contributed by atoms with Crippen molar-refractivity contribution in [3.63, 3.8) is 0 Å². The number of methoxy groups -OCH3 is 2. The van der Waals surface area contributed by atoms with Crippen LogP contribution < -0.4 is 10.6 Å². The van der Waals surface area contributed by atoms with Gasteiger partial charge in [-0.25, -0.2) is 0 Å². The molecular weight excluding hydrogens is 575 g/mol. The lowest BCUT2D eigenvalue weighted by atomic mass is 10.1. The zero-order valence-electron chi connectivity index (χ0n) is 22.6. The van der Waals surface area contributed by atoms with Gasteiger partial charge in [0.05, 0.1) is 12.6 Å². The minimum Gasteiger partial charge on any atom is -0.384 e. The van der Waals surface area contributed by atoms with Crippen LogP contribution in [0, 0.1) is 124 Å². The molecule has 41 heavy (non-hydrogen) atoms. The molecule has 7 nitrogen and oxygen atoms in total. The van der Waals surface area contributed by atoms with Gasteiger partial charge in [0.1, 0.15) is 12.2 Å². The smallest absolute Gasteiger partial charge is 0.324 e. The first-order valence-corrected chi connectivity index (χ1v) is 14.4. The summed E-state index contributed by atoms with van der Waals surface area (Å²) in [5, 5.41) is 6.14. The molecule has 1 saturated carbocycles. The maximum Gasteiger partial charge on any atom is 0.324 e. The van der Waals surface area contributed by atoms with E-state index in [4.69, 9.17) is 42.5 Å². The van der Waals surface area contributed by atoms with Crippen LogP contribution in [0.5, 0.6) is 0 Å². The highest BCUT2D eigenvalue weighted by Gasteiger charge is 2.47. The predicted octanol–water partition coefficient (Wildman–Crippen LogP) is 0.760. The molecule has 0 aromatic rings. The molecule has 204 valence electrons. The monoisotopic (exact) mass is 598 g/mol. The second-order valence-electron chi connectivity index (χ2n) is 7.20. The lowest BCUT2D eigenvalue weighted by molar-refractivity contribution is -0.0206. The molecule has 1 aliphatic rings. The van der Waals surface area contributed by atoms with Gasteiger partial charge < -0.3 is 28.7 Å². The maximum absolute atomic E-state index is 10.1. The molecule has 5 atom stereocenters. The fourth-order valence-electron chi connectivity index (χ4n) is 3.14. The van der Waals surface area contributed by atoms with Crippen molar-refractivity contribution in [3.8, 4) is 119 Å².